The van der Waals surface area contributed by atoms with Gasteiger partial charge in [0.1, 0.15) is 5.82 Å². The first-order valence-electron chi connectivity index (χ1n) is 7.31. The summed E-state index contributed by atoms with van der Waals surface area (Å²) in [5, 5.41) is 0. The van der Waals surface area contributed by atoms with Crippen molar-refractivity contribution in [2.24, 2.45) is 11.7 Å². The number of rotatable bonds is 3. The van der Waals surface area contributed by atoms with E-state index in [2.05, 4.69) is 0 Å². The topological polar surface area (TPSA) is 35.2 Å². The molecular weight excluding hydrogens is 241 g/mol. The van der Waals surface area contributed by atoms with Crippen LogP contribution in [0.1, 0.15) is 37.7 Å². The first kappa shape index (κ1) is 13.1. The van der Waals surface area contributed by atoms with Crippen LogP contribution in [0.2, 0.25) is 0 Å². The van der Waals surface area contributed by atoms with Crippen LogP contribution in [0.25, 0.3) is 0 Å². The van der Waals surface area contributed by atoms with E-state index in [4.69, 9.17) is 10.5 Å². The second-order valence-corrected chi connectivity index (χ2v) is 6.14. The average molecular weight is 263 g/mol. The van der Waals surface area contributed by atoms with Crippen molar-refractivity contribution in [2.75, 3.05) is 6.61 Å². The molecule has 0 bridgehead atoms. The van der Waals surface area contributed by atoms with Gasteiger partial charge in [-0.2, -0.15) is 0 Å². The largest absolute Gasteiger partial charge is 0.375 e. The Morgan fingerprint density at radius 1 is 1.42 bits per heavy atom. The highest BCUT2D eigenvalue weighted by Crippen LogP contribution is 2.44. The lowest BCUT2D eigenvalue weighted by molar-refractivity contribution is -0.145. The third kappa shape index (κ3) is 2.82. The normalized spacial score (nSPS) is 26.9. The van der Waals surface area contributed by atoms with Gasteiger partial charge in [-0.25, -0.2) is 4.39 Å². The molecule has 1 aliphatic carbocycles. The zero-order valence-corrected chi connectivity index (χ0v) is 11.3. The van der Waals surface area contributed by atoms with E-state index in [9.17, 15) is 4.39 Å². The van der Waals surface area contributed by atoms with Crippen molar-refractivity contribution in [1.82, 2.24) is 0 Å². The minimum Gasteiger partial charge on any atom is -0.375 e. The molecule has 104 valence electrons. The van der Waals surface area contributed by atoms with E-state index in [-0.39, 0.29) is 17.5 Å². The summed E-state index contributed by atoms with van der Waals surface area (Å²) in [4.78, 5) is 0. The Bertz CT molecular complexity index is 444. The molecule has 2 aliphatic rings. The lowest BCUT2D eigenvalue weighted by atomic mass is 9.70. The standard InChI is InChI=1S/C16H22FNO/c17-14-4-1-3-12(9-14)10-15(18)13-5-8-19-16(11-13)6-2-7-16/h1,3-4,9,13,15H,2,5-8,10-11,18H2. The Morgan fingerprint density at radius 2 is 2.26 bits per heavy atom. The van der Waals surface area contributed by atoms with Crippen LogP contribution >= 0.6 is 0 Å². The molecule has 1 saturated heterocycles. The molecule has 1 aromatic carbocycles. The molecule has 2 unspecified atom stereocenters. The molecule has 1 aromatic rings. The fourth-order valence-electron chi connectivity index (χ4n) is 3.45. The molecular formula is C16H22FNO. The number of hydrogen-bond acceptors (Lipinski definition) is 2. The molecule has 3 rings (SSSR count). The van der Waals surface area contributed by atoms with Gasteiger partial charge in [-0.1, -0.05) is 12.1 Å². The predicted octanol–water partition coefficient (Wildman–Crippen LogP) is 3.04. The average Bonchev–Trinajstić information content (AvgIpc) is 2.37. The predicted molar refractivity (Wildman–Crippen MR) is 73.3 cm³/mol. The minimum atomic E-state index is -0.174. The van der Waals surface area contributed by atoms with Crippen LogP contribution in [0.3, 0.4) is 0 Å². The number of hydrogen-bond donors (Lipinski definition) is 1. The molecule has 2 atom stereocenters. The molecule has 2 N–H and O–H groups in total. The van der Waals surface area contributed by atoms with Crippen LogP contribution in [0.4, 0.5) is 4.39 Å². The lowest BCUT2D eigenvalue weighted by Crippen LogP contribution is -2.49. The third-order valence-corrected chi connectivity index (χ3v) is 4.76. The summed E-state index contributed by atoms with van der Waals surface area (Å²) in [6.45, 7) is 0.835. The van der Waals surface area contributed by atoms with Gasteiger partial charge in [0, 0.05) is 12.6 Å². The van der Waals surface area contributed by atoms with Crippen LogP contribution in [-0.2, 0) is 11.2 Å². The van der Waals surface area contributed by atoms with Crippen molar-refractivity contribution in [3.05, 3.63) is 35.6 Å². The maximum Gasteiger partial charge on any atom is 0.123 e. The zero-order chi connectivity index (χ0) is 13.3. The van der Waals surface area contributed by atoms with E-state index in [1.165, 1.54) is 25.3 Å². The van der Waals surface area contributed by atoms with E-state index in [0.29, 0.717) is 5.92 Å². The summed E-state index contributed by atoms with van der Waals surface area (Å²) in [5.41, 5.74) is 7.50. The Kier molecular flexibility index (Phi) is 3.59. The van der Waals surface area contributed by atoms with E-state index in [1.54, 1.807) is 12.1 Å². The van der Waals surface area contributed by atoms with Crippen molar-refractivity contribution in [1.29, 1.82) is 0 Å². The van der Waals surface area contributed by atoms with E-state index < -0.39 is 0 Å². The van der Waals surface area contributed by atoms with Crippen molar-refractivity contribution >= 4 is 0 Å². The van der Waals surface area contributed by atoms with Crippen LogP contribution in [0.5, 0.6) is 0 Å². The first-order valence-corrected chi connectivity index (χ1v) is 7.31. The van der Waals surface area contributed by atoms with Gasteiger partial charge in [-0.05, 0) is 62.1 Å². The maximum absolute atomic E-state index is 13.2. The molecule has 1 spiro atoms. The zero-order valence-electron chi connectivity index (χ0n) is 11.3. The second kappa shape index (κ2) is 5.22. The Labute approximate surface area is 114 Å². The first-order chi connectivity index (χ1) is 9.17. The number of ether oxygens (including phenoxy) is 1. The summed E-state index contributed by atoms with van der Waals surface area (Å²) < 4.78 is 19.1. The van der Waals surface area contributed by atoms with E-state index >= 15 is 0 Å². The van der Waals surface area contributed by atoms with Gasteiger partial charge in [0.05, 0.1) is 5.60 Å². The highest BCUT2D eigenvalue weighted by molar-refractivity contribution is 5.17. The van der Waals surface area contributed by atoms with Crippen LogP contribution in [-0.4, -0.2) is 18.2 Å². The van der Waals surface area contributed by atoms with Gasteiger partial charge in [0.25, 0.3) is 0 Å². The summed E-state index contributed by atoms with van der Waals surface area (Å²) in [7, 11) is 0. The van der Waals surface area contributed by atoms with Crippen molar-refractivity contribution in [3.8, 4) is 0 Å². The van der Waals surface area contributed by atoms with Crippen LogP contribution < -0.4 is 5.73 Å². The molecule has 3 heteroatoms. The number of benzene rings is 1. The second-order valence-electron chi connectivity index (χ2n) is 6.14. The minimum absolute atomic E-state index is 0.114. The Morgan fingerprint density at radius 3 is 2.95 bits per heavy atom. The Hall–Kier alpha value is -0.930. The molecule has 2 fully saturated rings. The fraction of sp³-hybridized carbons (Fsp3) is 0.625. The van der Waals surface area contributed by atoms with Gasteiger partial charge < -0.3 is 10.5 Å². The van der Waals surface area contributed by atoms with E-state index in [1.807, 2.05) is 6.07 Å². The lowest BCUT2D eigenvalue weighted by Gasteiger charge is -2.48. The molecule has 0 radical (unpaired) electrons. The fourth-order valence-corrected chi connectivity index (χ4v) is 3.45. The van der Waals surface area contributed by atoms with Gasteiger partial charge in [-0.15, -0.1) is 0 Å². The smallest absolute Gasteiger partial charge is 0.123 e. The monoisotopic (exact) mass is 263 g/mol. The molecule has 2 nitrogen and oxygen atoms in total. The molecule has 0 aromatic heterocycles. The van der Waals surface area contributed by atoms with Crippen LogP contribution in [0.15, 0.2) is 24.3 Å². The Balaban J connectivity index is 1.62. The highest BCUT2D eigenvalue weighted by atomic mass is 19.1. The number of halogens is 1. The summed E-state index contributed by atoms with van der Waals surface area (Å²) in [6, 6.07) is 6.91. The molecule has 1 heterocycles. The van der Waals surface area contributed by atoms with Gasteiger partial charge in [0.15, 0.2) is 0 Å². The van der Waals surface area contributed by atoms with Gasteiger partial charge >= 0.3 is 0 Å². The van der Waals surface area contributed by atoms with Crippen molar-refractivity contribution < 1.29 is 9.13 Å². The third-order valence-electron chi connectivity index (χ3n) is 4.76. The van der Waals surface area contributed by atoms with Crippen molar-refractivity contribution in [2.45, 2.75) is 50.2 Å². The van der Waals surface area contributed by atoms with Gasteiger partial charge in [0.2, 0.25) is 0 Å². The van der Waals surface area contributed by atoms with E-state index in [0.717, 1.165) is 31.4 Å². The molecule has 0 amide bonds. The summed E-state index contributed by atoms with van der Waals surface area (Å²) >= 11 is 0. The summed E-state index contributed by atoms with van der Waals surface area (Å²) in [5.74, 6) is 0.337. The van der Waals surface area contributed by atoms with Gasteiger partial charge in [-0.3, -0.25) is 0 Å². The SMILES string of the molecule is NC(Cc1cccc(F)c1)C1CCOC2(CCC2)C1. The highest BCUT2D eigenvalue weighted by Gasteiger charge is 2.43. The van der Waals surface area contributed by atoms with Crippen molar-refractivity contribution in [3.63, 3.8) is 0 Å². The summed E-state index contributed by atoms with van der Waals surface area (Å²) in [6.07, 6.45) is 6.55. The molecule has 19 heavy (non-hydrogen) atoms. The molecule has 1 saturated carbocycles. The molecule has 1 aliphatic heterocycles. The van der Waals surface area contributed by atoms with Crippen LogP contribution in [0, 0.1) is 11.7 Å². The maximum atomic E-state index is 13.2. The quantitative estimate of drug-likeness (QED) is 0.909. The number of nitrogens with two attached hydrogens (primary N) is 1.